The van der Waals surface area contributed by atoms with Gasteiger partial charge < -0.3 is 15.0 Å². The van der Waals surface area contributed by atoms with Crippen molar-refractivity contribution in [1.82, 2.24) is 9.78 Å². The van der Waals surface area contributed by atoms with Gasteiger partial charge in [0, 0.05) is 28.8 Å². The van der Waals surface area contributed by atoms with E-state index in [2.05, 4.69) is 31.2 Å². The Bertz CT molecular complexity index is 1040. The third-order valence-corrected chi connectivity index (χ3v) is 5.86. The number of morpholine rings is 1. The van der Waals surface area contributed by atoms with Crippen LogP contribution in [0.15, 0.2) is 53.0 Å². The predicted molar refractivity (Wildman–Crippen MR) is 123 cm³/mol. The molecule has 1 fully saturated rings. The highest BCUT2D eigenvalue weighted by Crippen LogP contribution is 2.30. The van der Waals surface area contributed by atoms with E-state index in [1.54, 1.807) is 0 Å². The van der Waals surface area contributed by atoms with E-state index in [-0.39, 0.29) is 12.3 Å². The first kappa shape index (κ1) is 20.6. The Morgan fingerprint density at radius 2 is 1.87 bits per heavy atom. The first-order valence-electron chi connectivity index (χ1n) is 10.1. The van der Waals surface area contributed by atoms with Gasteiger partial charge in [-0.25, -0.2) is 4.68 Å². The maximum absolute atomic E-state index is 13.0. The zero-order valence-electron chi connectivity index (χ0n) is 17.2. The summed E-state index contributed by atoms with van der Waals surface area (Å²) in [4.78, 5) is 15.2. The van der Waals surface area contributed by atoms with E-state index in [0.29, 0.717) is 13.2 Å². The van der Waals surface area contributed by atoms with Crippen molar-refractivity contribution in [3.8, 4) is 5.69 Å². The van der Waals surface area contributed by atoms with Crippen molar-refractivity contribution in [2.75, 3.05) is 36.5 Å². The van der Waals surface area contributed by atoms with Crippen LogP contribution in [0.25, 0.3) is 5.69 Å². The molecular weight excluding hydrogens is 444 g/mol. The summed E-state index contributed by atoms with van der Waals surface area (Å²) in [5.74, 6) is -0.0542. The lowest BCUT2D eigenvalue weighted by Gasteiger charge is -2.30. The van der Waals surface area contributed by atoms with E-state index in [4.69, 9.17) is 4.74 Å². The Morgan fingerprint density at radius 1 is 1.13 bits per heavy atom. The summed E-state index contributed by atoms with van der Waals surface area (Å²) in [6, 6.07) is 16.0. The summed E-state index contributed by atoms with van der Waals surface area (Å²) in [5.41, 5.74) is 5.63. The molecule has 0 aliphatic carbocycles. The van der Waals surface area contributed by atoms with Gasteiger partial charge >= 0.3 is 0 Å². The Hall–Kier alpha value is -2.64. The number of anilines is 2. The summed E-state index contributed by atoms with van der Waals surface area (Å²) in [6.07, 6.45) is 0.277. The lowest BCUT2D eigenvalue weighted by molar-refractivity contribution is -0.115. The molecule has 0 spiro atoms. The molecule has 4 rings (SSSR count). The van der Waals surface area contributed by atoms with Gasteiger partial charge in [0.1, 0.15) is 0 Å². The summed E-state index contributed by atoms with van der Waals surface area (Å²) in [6.45, 7) is 6.97. The summed E-state index contributed by atoms with van der Waals surface area (Å²) < 4.78 is 8.29. The van der Waals surface area contributed by atoms with Crippen molar-refractivity contribution in [3.05, 3.63) is 70.0 Å². The zero-order valence-corrected chi connectivity index (χ0v) is 18.8. The van der Waals surface area contributed by atoms with Crippen LogP contribution in [0, 0.1) is 13.8 Å². The summed E-state index contributed by atoms with van der Waals surface area (Å²) >= 11 is 3.52. The predicted octanol–water partition coefficient (Wildman–Crippen LogP) is 4.27. The molecule has 1 aliphatic rings. The van der Waals surface area contributed by atoms with Gasteiger partial charge in [0.05, 0.1) is 42.4 Å². The molecule has 2 heterocycles. The molecule has 1 saturated heterocycles. The Kier molecular flexibility index (Phi) is 6.20. The highest BCUT2D eigenvalue weighted by Gasteiger charge is 2.19. The molecule has 0 unspecified atom stereocenters. The number of benzene rings is 2. The molecule has 7 heteroatoms. The van der Waals surface area contributed by atoms with Gasteiger partial charge in [0.2, 0.25) is 5.91 Å². The van der Waals surface area contributed by atoms with Crippen LogP contribution < -0.4 is 10.2 Å². The Balaban J connectivity index is 1.55. The fraction of sp³-hybridized carbons (Fsp3) is 0.304. The number of aromatic nitrogens is 2. The van der Waals surface area contributed by atoms with E-state index < -0.39 is 0 Å². The first-order valence-corrected chi connectivity index (χ1v) is 10.8. The van der Waals surface area contributed by atoms with Crippen LogP contribution in [0.3, 0.4) is 0 Å². The van der Waals surface area contributed by atoms with E-state index in [1.807, 2.05) is 67.1 Å². The third-order valence-electron chi connectivity index (χ3n) is 5.36. The molecule has 1 amide bonds. The van der Waals surface area contributed by atoms with Gasteiger partial charge in [-0.2, -0.15) is 5.10 Å². The van der Waals surface area contributed by atoms with Crippen molar-refractivity contribution in [1.29, 1.82) is 0 Å². The molecular formula is C23H25BrN4O2. The molecule has 1 aromatic heterocycles. The van der Waals surface area contributed by atoms with Crippen molar-refractivity contribution in [3.63, 3.8) is 0 Å². The molecule has 1 N–H and O–H groups in total. The second kappa shape index (κ2) is 9.02. The quantitative estimate of drug-likeness (QED) is 0.607. The maximum Gasteiger partial charge on any atom is 0.228 e. The van der Waals surface area contributed by atoms with Crippen LogP contribution in [0.5, 0.6) is 0 Å². The lowest BCUT2D eigenvalue weighted by Crippen LogP contribution is -2.36. The zero-order chi connectivity index (χ0) is 21.1. The van der Waals surface area contributed by atoms with Gasteiger partial charge in [0.15, 0.2) is 0 Å². The highest BCUT2D eigenvalue weighted by molar-refractivity contribution is 9.10. The average molecular weight is 469 g/mol. The average Bonchev–Trinajstić information content (AvgIpc) is 3.03. The van der Waals surface area contributed by atoms with Crippen molar-refractivity contribution >= 4 is 33.2 Å². The number of aryl methyl sites for hydroxylation is 1. The SMILES string of the molecule is Cc1nn(-c2ccccc2)c(C)c1CC(=O)Nc1cc(Br)ccc1N1CCOCC1. The van der Waals surface area contributed by atoms with E-state index in [0.717, 1.165) is 51.6 Å². The van der Waals surface area contributed by atoms with Gasteiger partial charge in [-0.1, -0.05) is 34.1 Å². The topological polar surface area (TPSA) is 59.4 Å². The largest absolute Gasteiger partial charge is 0.378 e. The fourth-order valence-electron chi connectivity index (χ4n) is 3.79. The van der Waals surface area contributed by atoms with Crippen molar-refractivity contribution in [2.24, 2.45) is 0 Å². The van der Waals surface area contributed by atoms with E-state index in [1.165, 1.54) is 0 Å². The minimum Gasteiger partial charge on any atom is -0.378 e. The summed E-state index contributed by atoms with van der Waals surface area (Å²) in [5, 5.41) is 7.76. The molecule has 2 aromatic carbocycles. The van der Waals surface area contributed by atoms with Gasteiger partial charge in [-0.3, -0.25) is 4.79 Å². The van der Waals surface area contributed by atoms with Crippen LogP contribution in [0.1, 0.15) is 17.0 Å². The number of carbonyl (C=O) groups is 1. The van der Waals surface area contributed by atoms with Crippen LogP contribution in [0.2, 0.25) is 0 Å². The number of amides is 1. The second-order valence-corrected chi connectivity index (χ2v) is 8.30. The van der Waals surface area contributed by atoms with Gasteiger partial charge in [-0.15, -0.1) is 0 Å². The molecule has 1 aliphatic heterocycles. The molecule has 0 radical (unpaired) electrons. The van der Waals surface area contributed by atoms with E-state index in [9.17, 15) is 4.79 Å². The number of nitrogens with zero attached hydrogens (tertiary/aromatic N) is 3. The number of halogens is 1. The van der Waals surface area contributed by atoms with Gasteiger partial charge in [0.25, 0.3) is 0 Å². The highest BCUT2D eigenvalue weighted by atomic mass is 79.9. The molecule has 156 valence electrons. The van der Waals surface area contributed by atoms with E-state index >= 15 is 0 Å². The minimum atomic E-state index is -0.0542. The standard InChI is InChI=1S/C23H25BrN4O2/c1-16-20(17(2)28(26-16)19-6-4-3-5-7-19)15-23(29)25-21-14-18(24)8-9-22(21)27-10-12-30-13-11-27/h3-9,14H,10-13,15H2,1-2H3,(H,25,29). The number of rotatable bonds is 5. The molecule has 0 atom stereocenters. The number of hydrogen-bond acceptors (Lipinski definition) is 4. The molecule has 30 heavy (non-hydrogen) atoms. The normalized spacial score (nSPS) is 14.0. The number of para-hydroxylation sites is 1. The van der Waals surface area contributed by atoms with Crippen molar-refractivity contribution < 1.29 is 9.53 Å². The number of nitrogens with one attached hydrogen (secondary N) is 1. The first-order chi connectivity index (χ1) is 14.5. The Morgan fingerprint density at radius 3 is 2.60 bits per heavy atom. The third kappa shape index (κ3) is 4.42. The van der Waals surface area contributed by atoms with Crippen LogP contribution in [-0.2, 0) is 16.0 Å². The number of ether oxygens (including phenoxy) is 1. The molecule has 0 saturated carbocycles. The van der Waals surface area contributed by atoms with Crippen LogP contribution in [0.4, 0.5) is 11.4 Å². The summed E-state index contributed by atoms with van der Waals surface area (Å²) in [7, 11) is 0. The van der Waals surface area contributed by atoms with Crippen LogP contribution >= 0.6 is 15.9 Å². The maximum atomic E-state index is 13.0. The monoisotopic (exact) mass is 468 g/mol. The molecule has 3 aromatic rings. The molecule has 6 nitrogen and oxygen atoms in total. The van der Waals surface area contributed by atoms with Crippen LogP contribution in [-0.4, -0.2) is 42.0 Å². The molecule has 0 bridgehead atoms. The smallest absolute Gasteiger partial charge is 0.228 e. The Labute approximate surface area is 185 Å². The number of hydrogen-bond donors (Lipinski definition) is 1. The lowest BCUT2D eigenvalue weighted by atomic mass is 10.1. The van der Waals surface area contributed by atoms with Gasteiger partial charge in [-0.05, 0) is 44.2 Å². The number of carbonyl (C=O) groups excluding carboxylic acids is 1. The van der Waals surface area contributed by atoms with Crippen molar-refractivity contribution in [2.45, 2.75) is 20.3 Å². The fourth-order valence-corrected chi connectivity index (χ4v) is 4.16. The minimum absolute atomic E-state index is 0.0542. The second-order valence-electron chi connectivity index (χ2n) is 7.38.